The van der Waals surface area contributed by atoms with Gasteiger partial charge in [-0.1, -0.05) is 25.1 Å². The molecule has 1 heterocycles. The fraction of sp³-hybridized carbons (Fsp3) is 0.400. The first-order valence-electron chi connectivity index (χ1n) is 7.05. The summed E-state index contributed by atoms with van der Waals surface area (Å²) in [5.74, 6) is -0.665. The largest absolute Gasteiger partial charge is 0.465 e. The molecule has 0 aliphatic heterocycles. The van der Waals surface area contributed by atoms with Gasteiger partial charge in [0, 0.05) is 11.9 Å². The van der Waals surface area contributed by atoms with E-state index in [2.05, 4.69) is 10.2 Å². The van der Waals surface area contributed by atoms with Crippen molar-refractivity contribution in [3.8, 4) is 0 Å². The number of hydrogen-bond acceptors (Lipinski definition) is 4. The lowest BCUT2D eigenvalue weighted by atomic mass is 10.2. The maximum absolute atomic E-state index is 12.6. The summed E-state index contributed by atoms with van der Waals surface area (Å²) in [7, 11) is 0. The van der Waals surface area contributed by atoms with Crippen LogP contribution in [-0.2, 0) is 9.53 Å². The Bertz CT molecular complexity index is 636. The molecule has 2 aromatic rings. The van der Waals surface area contributed by atoms with Crippen LogP contribution in [0.4, 0.5) is 0 Å². The summed E-state index contributed by atoms with van der Waals surface area (Å²) in [6, 6.07) is 7.41. The summed E-state index contributed by atoms with van der Waals surface area (Å²) in [5.41, 5.74) is 1.14. The molecule has 0 fully saturated rings. The predicted octanol–water partition coefficient (Wildman–Crippen LogP) is 1.98. The van der Waals surface area contributed by atoms with Gasteiger partial charge in [-0.3, -0.25) is 14.7 Å². The van der Waals surface area contributed by atoms with Gasteiger partial charge in [-0.15, -0.1) is 0 Å². The summed E-state index contributed by atoms with van der Waals surface area (Å²) in [6.07, 6.45) is 0.757. The zero-order valence-corrected chi connectivity index (χ0v) is 12.3. The van der Waals surface area contributed by atoms with Crippen molar-refractivity contribution in [2.45, 2.75) is 20.3 Å². The van der Waals surface area contributed by atoms with E-state index < -0.39 is 5.97 Å². The van der Waals surface area contributed by atoms with Crippen LogP contribution in [-0.4, -0.2) is 46.7 Å². The zero-order chi connectivity index (χ0) is 15.2. The monoisotopic (exact) mass is 289 g/mol. The number of amides is 1. The normalized spacial score (nSPS) is 10.6. The zero-order valence-electron chi connectivity index (χ0n) is 12.3. The molecule has 0 saturated heterocycles. The van der Waals surface area contributed by atoms with Crippen LogP contribution in [0.3, 0.4) is 0 Å². The van der Waals surface area contributed by atoms with Crippen LogP contribution in [0, 0.1) is 0 Å². The number of carbonyl (C=O) groups is 2. The molecule has 6 nitrogen and oxygen atoms in total. The number of rotatable bonds is 6. The van der Waals surface area contributed by atoms with Crippen molar-refractivity contribution in [3.05, 3.63) is 30.0 Å². The van der Waals surface area contributed by atoms with E-state index in [9.17, 15) is 9.59 Å². The molecule has 0 bridgehead atoms. The molecule has 0 saturated carbocycles. The average molecular weight is 289 g/mol. The second kappa shape index (κ2) is 6.88. The molecule has 112 valence electrons. The SMILES string of the molecule is CCCN(CC(=O)OCC)C(=O)c1n[nH]c2ccccc12. The van der Waals surface area contributed by atoms with Gasteiger partial charge in [-0.2, -0.15) is 5.10 Å². The Morgan fingerprint density at radius 3 is 2.76 bits per heavy atom. The van der Waals surface area contributed by atoms with Crippen LogP contribution < -0.4 is 0 Å². The number of esters is 1. The third-order valence-corrected chi connectivity index (χ3v) is 3.08. The number of nitrogens with one attached hydrogen (secondary N) is 1. The Balaban J connectivity index is 2.23. The highest BCUT2D eigenvalue weighted by Crippen LogP contribution is 2.17. The standard InChI is InChI=1S/C15H19N3O3/c1-3-9-18(10-13(19)21-4-2)15(20)14-11-7-5-6-8-12(11)16-17-14/h5-8H,3-4,9-10H2,1-2H3,(H,16,17). The van der Waals surface area contributed by atoms with Gasteiger partial charge < -0.3 is 9.64 Å². The van der Waals surface area contributed by atoms with E-state index in [1.54, 1.807) is 6.92 Å². The number of ether oxygens (including phenoxy) is 1. The van der Waals surface area contributed by atoms with Crippen LogP contribution in [0.2, 0.25) is 0 Å². The van der Waals surface area contributed by atoms with E-state index in [1.807, 2.05) is 31.2 Å². The van der Waals surface area contributed by atoms with Crippen LogP contribution in [0.15, 0.2) is 24.3 Å². The maximum atomic E-state index is 12.6. The Labute approximate surface area is 123 Å². The molecule has 0 aliphatic carbocycles. The maximum Gasteiger partial charge on any atom is 0.325 e. The highest BCUT2D eigenvalue weighted by molar-refractivity contribution is 6.05. The number of nitrogens with zero attached hydrogens (tertiary/aromatic N) is 2. The second-order valence-electron chi connectivity index (χ2n) is 4.65. The number of H-pyrrole nitrogens is 1. The first kappa shape index (κ1) is 15.0. The van der Waals surface area contributed by atoms with Crippen LogP contribution in [0.5, 0.6) is 0 Å². The van der Waals surface area contributed by atoms with E-state index in [0.29, 0.717) is 18.8 Å². The van der Waals surface area contributed by atoms with E-state index in [4.69, 9.17) is 4.74 Å². The summed E-state index contributed by atoms with van der Waals surface area (Å²) < 4.78 is 4.91. The molecule has 0 unspecified atom stereocenters. The molecule has 0 atom stereocenters. The second-order valence-corrected chi connectivity index (χ2v) is 4.65. The number of fused-ring (bicyclic) bond motifs is 1. The van der Waals surface area contributed by atoms with Crippen molar-refractivity contribution in [2.24, 2.45) is 0 Å². The third-order valence-electron chi connectivity index (χ3n) is 3.08. The van der Waals surface area contributed by atoms with Gasteiger partial charge in [0.15, 0.2) is 5.69 Å². The molecular weight excluding hydrogens is 270 g/mol. The van der Waals surface area contributed by atoms with Gasteiger partial charge in [0.2, 0.25) is 0 Å². The number of hydrogen-bond donors (Lipinski definition) is 1. The van der Waals surface area contributed by atoms with Crippen molar-refractivity contribution in [2.75, 3.05) is 19.7 Å². The first-order chi connectivity index (χ1) is 10.2. The fourth-order valence-corrected chi connectivity index (χ4v) is 2.16. The molecule has 0 aliphatic rings. The molecule has 1 aromatic heterocycles. The lowest BCUT2D eigenvalue weighted by Crippen LogP contribution is -2.37. The molecule has 21 heavy (non-hydrogen) atoms. The lowest BCUT2D eigenvalue weighted by molar-refractivity contribution is -0.143. The van der Waals surface area contributed by atoms with Crippen molar-refractivity contribution >= 4 is 22.8 Å². The quantitative estimate of drug-likeness (QED) is 0.825. The van der Waals surface area contributed by atoms with Gasteiger partial charge >= 0.3 is 5.97 Å². The molecular formula is C15H19N3O3. The van der Waals surface area contributed by atoms with Crippen LogP contribution >= 0.6 is 0 Å². The summed E-state index contributed by atoms with van der Waals surface area (Å²) in [4.78, 5) is 25.7. The van der Waals surface area contributed by atoms with Crippen molar-refractivity contribution in [1.29, 1.82) is 0 Å². The Hall–Kier alpha value is -2.37. The molecule has 1 aromatic carbocycles. The van der Waals surface area contributed by atoms with E-state index in [1.165, 1.54) is 4.90 Å². The minimum Gasteiger partial charge on any atom is -0.465 e. The summed E-state index contributed by atoms with van der Waals surface area (Å²) in [5, 5.41) is 7.67. The van der Waals surface area contributed by atoms with Crippen LogP contribution in [0.1, 0.15) is 30.8 Å². The minimum atomic E-state index is -0.404. The van der Waals surface area contributed by atoms with Gasteiger partial charge in [-0.25, -0.2) is 0 Å². The Morgan fingerprint density at radius 1 is 1.29 bits per heavy atom. The highest BCUT2D eigenvalue weighted by Gasteiger charge is 2.22. The number of para-hydroxylation sites is 1. The first-order valence-corrected chi connectivity index (χ1v) is 7.05. The Morgan fingerprint density at radius 2 is 2.05 bits per heavy atom. The van der Waals surface area contributed by atoms with Crippen molar-refractivity contribution in [3.63, 3.8) is 0 Å². The molecule has 0 spiro atoms. The van der Waals surface area contributed by atoms with Gasteiger partial charge in [0.05, 0.1) is 12.1 Å². The van der Waals surface area contributed by atoms with Crippen LogP contribution in [0.25, 0.3) is 10.9 Å². The van der Waals surface area contributed by atoms with Crippen molar-refractivity contribution < 1.29 is 14.3 Å². The number of carbonyl (C=O) groups excluding carboxylic acids is 2. The van der Waals surface area contributed by atoms with E-state index in [0.717, 1.165) is 17.3 Å². The molecule has 1 amide bonds. The van der Waals surface area contributed by atoms with E-state index >= 15 is 0 Å². The van der Waals surface area contributed by atoms with Gasteiger partial charge in [-0.05, 0) is 19.4 Å². The molecule has 2 rings (SSSR count). The smallest absolute Gasteiger partial charge is 0.325 e. The fourth-order valence-electron chi connectivity index (χ4n) is 2.16. The summed E-state index contributed by atoms with van der Waals surface area (Å²) in [6.45, 7) is 4.43. The number of aromatic amines is 1. The highest BCUT2D eigenvalue weighted by atomic mass is 16.5. The molecule has 0 radical (unpaired) electrons. The lowest BCUT2D eigenvalue weighted by Gasteiger charge is -2.20. The topological polar surface area (TPSA) is 75.3 Å². The number of aromatic nitrogens is 2. The average Bonchev–Trinajstić information content (AvgIpc) is 2.90. The van der Waals surface area contributed by atoms with Crippen molar-refractivity contribution in [1.82, 2.24) is 15.1 Å². The Kier molecular flexibility index (Phi) is 4.92. The molecule has 6 heteroatoms. The summed E-state index contributed by atoms with van der Waals surface area (Å²) >= 11 is 0. The van der Waals surface area contributed by atoms with Gasteiger partial charge in [0.1, 0.15) is 6.54 Å². The van der Waals surface area contributed by atoms with Gasteiger partial charge in [0.25, 0.3) is 5.91 Å². The predicted molar refractivity (Wildman–Crippen MR) is 78.9 cm³/mol. The van der Waals surface area contributed by atoms with E-state index in [-0.39, 0.29) is 12.5 Å². The molecule has 1 N–H and O–H groups in total. The minimum absolute atomic E-state index is 0.0539. The third kappa shape index (κ3) is 3.39. The number of benzene rings is 1.